The van der Waals surface area contributed by atoms with Gasteiger partial charge in [0.05, 0.1) is 0 Å². The van der Waals surface area contributed by atoms with Gasteiger partial charge >= 0.3 is 0 Å². The minimum Gasteiger partial charge on any atom is -0.335 e. The molecule has 0 heterocycles. The summed E-state index contributed by atoms with van der Waals surface area (Å²) in [5.74, 6) is 0.306. The molecule has 0 atom stereocenters. The molecule has 1 saturated carbocycles. The molecular weight excluding hydrogens is 328 g/mol. The van der Waals surface area contributed by atoms with Crippen LogP contribution in [0.5, 0.6) is 0 Å². The third kappa shape index (κ3) is 5.44. The molecule has 0 saturated heterocycles. The smallest absolute Gasteiger partial charge is 0.223 e. The van der Waals surface area contributed by atoms with Crippen LogP contribution in [0.25, 0.3) is 0 Å². The molecule has 116 valence electrons. The molecule has 1 fully saturated rings. The lowest BCUT2D eigenvalue weighted by atomic mass is 10.1. The van der Waals surface area contributed by atoms with Crippen molar-refractivity contribution in [1.82, 2.24) is 4.90 Å². The highest BCUT2D eigenvalue weighted by Crippen LogP contribution is 2.30. The van der Waals surface area contributed by atoms with E-state index in [4.69, 9.17) is 5.73 Å². The van der Waals surface area contributed by atoms with Gasteiger partial charge in [0.1, 0.15) is 0 Å². The number of unbranched alkanes of at least 4 members (excludes halogenated alkanes) is 3. The third-order valence-electron chi connectivity index (χ3n) is 3.95. The van der Waals surface area contributed by atoms with Crippen molar-refractivity contribution in [3.63, 3.8) is 0 Å². The lowest BCUT2D eigenvalue weighted by Gasteiger charge is -2.23. The Morgan fingerprint density at radius 2 is 1.90 bits per heavy atom. The highest BCUT2D eigenvalue weighted by Gasteiger charge is 2.32. The molecule has 0 spiro atoms. The largest absolute Gasteiger partial charge is 0.335 e. The van der Waals surface area contributed by atoms with Crippen LogP contribution in [-0.2, 0) is 11.3 Å². The summed E-state index contributed by atoms with van der Waals surface area (Å²) < 4.78 is 1.09. The number of benzene rings is 1. The molecule has 1 aliphatic rings. The average Bonchev–Trinajstić information content (AvgIpc) is 3.30. The van der Waals surface area contributed by atoms with Crippen molar-refractivity contribution in [2.45, 2.75) is 57.5 Å². The van der Waals surface area contributed by atoms with Gasteiger partial charge in [0.2, 0.25) is 5.91 Å². The van der Waals surface area contributed by atoms with Crippen LogP contribution in [0, 0.1) is 0 Å². The molecule has 1 aromatic carbocycles. The third-order valence-corrected chi connectivity index (χ3v) is 4.72. The van der Waals surface area contributed by atoms with Crippen molar-refractivity contribution in [2.24, 2.45) is 5.73 Å². The number of carbonyl (C=O) groups is 1. The van der Waals surface area contributed by atoms with Crippen molar-refractivity contribution in [3.05, 3.63) is 34.3 Å². The van der Waals surface area contributed by atoms with E-state index in [2.05, 4.69) is 26.9 Å². The summed E-state index contributed by atoms with van der Waals surface area (Å²) in [4.78, 5) is 14.5. The van der Waals surface area contributed by atoms with Crippen LogP contribution in [-0.4, -0.2) is 23.4 Å². The van der Waals surface area contributed by atoms with Gasteiger partial charge in [-0.25, -0.2) is 0 Å². The predicted molar refractivity (Wildman–Crippen MR) is 89.9 cm³/mol. The second-order valence-corrected chi connectivity index (χ2v) is 6.65. The van der Waals surface area contributed by atoms with E-state index in [-0.39, 0.29) is 0 Å². The molecule has 1 amide bonds. The summed E-state index contributed by atoms with van der Waals surface area (Å²) in [6.07, 6.45) is 7.28. The summed E-state index contributed by atoms with van der Waals surface area (Å²) in [6, 6.07) is 8.64. The molecular formula is C17H25BrN2O. The zero-order chi connectivity index (χ0) is 15.1. The van der Waals surface area contributed by atoms with Crippen LogP contribution < -0.4 is 5.73 Å². The Kier molecular flexibility index (Phi) is 6.71. The second kappa shape index (κ2) is 8.54. The van der Waals surface area contributed by atoms with E-state index in [1.54, 1.807) is 0 Å². The molecule has 0 unspecified atom stereocenters. The first-order chi connectivity index (χ1) is 10.2. The van der Waals surface area contributed by atoms with Crippen molar-refractivity contribution in [2.75, 3.05) is 6.54 Å². The molecule has 1 aliphatic carbocycles. The lowest BCUT2D eigenvalue weighted by Crippen LogP contribution is -2.32. The van der Waals surface area contributed by atoms with Gasteiger partial charge in [-0.3, -0.25) is 4.79 Å². The minimum absolute atomic E-state index is 0.306. The maximum absolute atomic E-state index is 12.5. The molecule has 2 N–H and O–H groups in total. The topological polar surface area (TPSA) is 46.3 Å². The first-order valence-corrected chi connectivity index (χ1v) is 8.74. The number of hydrogen-bond donors (Lipinski definition) is 1. The van der Waals surface area contributed by atoms with Gasteiger partial charge in [0, 0.05) is 23.5 Å². The fourth-order valence-electron chi connectivity index (χ4n) is 2.53. The number of halogens is 1. The molecule has 3 nitrogen and oxygen atoms in total. The Bertz CT molecular complexity index is 460. The first-order valence-electron chi connectivity index (χ1n) is 7.95. The highest BCUT2D eigenvalue weighted by atomic mass is 79.9. The van der Waals surface area contributed by atoms with Gasteiger partial charge in [0.15, 0.2) is 0 Å². The Hall–Kier alpha value is -0.870. The molecule has 0 radical (unpaired) electrons. The summed E-state index contributed by atoms with van der Waals surface area (Å²) >= 11 is 3.57. The van der Waals surface area contributed by atoms with Gasteiger partial charge in [-0.2, -0.15) is 0 Å². The Morgan fingerprint density at radius 3 is 2.57 bits per heavy atom. The molecule has 0 bridgehead atoms. The molecule has 2 rings (SSSR count). The van der Waals surface area contributed by atoms with Gasteiger partial charge in [-0.1, -0.05) is 47.0 Å². The average molecular weight is 353 g/mol. The monoisotopic (exact) mass is 352 g/mol. The van der Waals surface area contributed by atoms with Crippen LogP contribution in [0.3, 0.4) is 0 Å². The van der Waals surface area contributed by atoms with Crippen LogP contribution in [0.2, 0.25) is 0 Å². The van der Waals surface area contributed by atoms with E-state index in [1.807, 2.05) is 18.2 Å². The predicted octanol–water partition coefficient (Wildman–Crippen LogP) is 3.85. The molecule has 1 aromatic rings. The summed E-state index contributed by atoms with van der Waals surface area (Å²) in [5, 5.41) is 0. The lowest BCUT2D eigenvalue weighted by molar-refractivity contribution is -0.132. The Labute approximate surface area is 136 Å². The van der Waals surface area contributed by atoms with Crippen LogP contribution in [0.15, 0.2) is 28.7 Å². The van der Waals surface area contributed by atoms with E-state index in [1.165, 1.54) is 5.56 Å². The summed E-state index contributed by atoms with van der Waals surface area (Å²) in [7, 11) is 0. The number of carbonyl (C=O) groups excluding carboxylic acids is 1. The normalized spacial score (nSPS) is 14.2. The summed E-state index contributed by atoms with van der Waals surface area (Å²) in [6.45, 7) is 1.48. The van der Waals surface area contributed by atoms with Crippen molar-refractivity contribution < 1.29 is 4.79 Å². The van der Waals surface area contributed by atoms with Crippen LogP contribution >= 0.6 is 15.9 Å². The molecule has 21 heavy (non-hydrogen) atoms. The van der Waals surface area contributed by atoms with E-state index in [9.17, 15) is 4.79 Å². The van der Waals surface area contributed by atoms with Crippen molar-refractivity contribution in [1.29, 1.82) is 0 Å². The number of amides is 1. The first kappa shape index (κ1) is 16.5. The number of nitrogens with two attached hydrogens (primary N) is 1. The highest BCUT2D eigenvalue weighted by molar-refractivity contribution is 9.10. The van der Waals surface area contributed by atoms with Gasteiger partial charge in [-0.05, 0) is 43.9 Å². The summed E-state index contributed by atoms with van der Waals surface area (Å²) in [5.41, 5.74) is 6.68. The number of nitrogens with zero attached hydrogens (tertiary/aromatic N) is 1. The molecule has 4 heteroatoms. The van der Waals surface area contributed by atoms with Gasteiger partial charge in [-0.15, -0.1) is 0 Å². The SMILES string of the molecule is NCCCCCCC(=O)N(Cc1ccccc1Br)C1CC1. The quantitative estimate of drug-likeness (QED) is 0.686. The second-order valence-electron chi connectivity index (χ2n) is 5.80. The van der Waals surface area contributed by atoms with E-state index in [0.29, 0.717) is 18.4 Å². The number of rotatable bonds is 9. The van der Waals surface area contributed by atoms with E-state index < -0.39 is 0 Å². The van der Waals surface area contributed by atoms with E-state index in [0.717, 1.165) is 56.1 Å². The fraction of sp³-hybridized carbons (Fsp3) is 0.588. The van der Waals surface area contributed by atoms with Crippen molar-refractivity contribution in [3.8, 4) is 0 Å². The van der Waals surface area contributed by atoms with Gasteiger partial charge < -0.3 is 10.6 Å². The van der Waals surface area contributed by atoms with Crippen molar-refractivity contribution >= 4 is 21.8 Å². The standard InChI is InChI=1S/C17H25BrN2O/c18-16-8-5-4-7-14(16)13-20(15-10-11-15)17(21)9-3-1-2-6-12-19/h4-5,7-8,15H,1-3,6,9-13,19H2. The van der Waals surface area contributed by atoms with Gasteiger partial charge in [0.25, 0.3) is 0 Å². The zero-order valence-electron chi connectivity index (χ0n) is 12.6. The Balaban J connectivity index is 1.84. The molecule has 0 aromatic heterocycles. The van der Waals surface area contributed by atoms with Crippen LogP contribution in [0.1, 0.15) is 50.5 Å². The minimum atomic E-state index is 0.306. The maximum atomic E-state index is 12.5. The Morgan fingerprint density at radius 1 is 1.19 bits per heavy atom. The zero-order valence-corrected chi connectivity index (χ0v) is 14.1. The van der Waals surface area contributed by atoms with E-state index >= 15 is 0 Å². The molecule has 0 aliphatic heterocycles. The maximum Gasteiger partial charge on any atom is 0.223 e. The number of hydrogen-bond acceptors (Lipinski definition) is 2. The fourth-order valence-corrected chi connectivity index (χ4v) is 2.95. The van der Waals surface area contributed by atoms with Crippen LogP contribution in [0.4, 0.5) is 0 Å².